The smallest absolute Gasteiger partial charge is 0.223 e. The van der Waals surface area contributed by atoms with Crippen LogP contribution in [0.15, 0.2) is 48.5 Å². The topological polar surface area (TPSA) is 45.6 Å². The van der Waals surface area contributed by atoms with Crippen molar-refractivity contribution in [2.24, 2.45) is 0 Å². The summed E-state index contributed by atoms with van der Waals surface area (Å²) in [6.07, 6.45) is 0. The van der Waals surface area contributed by atoms with E-state index in [1.165, 1.54) is 0 Å². The predicted molar refractivity (Wildman–Crippen MR) is 96.7 cm³/mol. The number of hydrogen-bond donors (Lipinski definition) is 2. The first-order chi connectivity index (χ1) is 11.1. The molecule has 3 aromatic rings. The molecule has 0 atom stereocenters. The summed E-state index contributed by atoms with van der Waals surface area (Å²) in [5.41, 5.74) is 1.97. The van der Waals surface area contributed by atoms with Crippen LogP contribution in [-0.4, -0.2) is 14.8 Å². The molecule has 2 N–H and O–H groups in total. The number of rotatable bonds is 5. The molecule has 0 fully saturated rings. The van der Waals surface area contributed by atoms with Gasteiger partial charge in [-0.25, -0.2) is 5.10 Å². The van der Waals surface area contributed by atoms with Gasteiger partial charge in [-0.05, 0) is 35.5 Å². The second kappa shape index (κ2) is 7.17. The van der Waals surface area contributed by atoms with E-state index in [-0.39, 0.29) is 0 Å². The number of benzene rings is 2. The van der Waals surface area contributed by atoms with E-state index in [2.05, 4.69) is 15.5 Å². The van der Waals surface area contributed by atoms with Gasteiger partial charge in [-0.3, -0.25) is 4.57 Å². The van der Waals surface area contributed by atoms with Gasteiger partial charge < -0.3 is 5.32 Å². The van der Waals surface area contributed by atoms with Crippen molar-refractivity contribution in [3.8, 4) is 0 Å². The Morgan fingerprint density at radius 3 is 2.26 bits per heavy atom. The molecule has 0 bridgehead atoms. The summed E-state index contributed by atoms with van der Waals surface area (Å²) in [5, 5.41) is 11.7. The number of halogens is 2. The van der Waals surface area contributed by atoms with Gasteiger partial charge in [0.05, 0.1) is 6.54 Å². The number of H-pyrrole nitrogens is 1. The van der Waals surface area contributed by atoms with Crippen LogP contribution in [0.25, 0.3) is 0 Å². The lowest BCUT2D eigenvalue weighted by atomic mass is 10.2. The van der Waals surface area contributed by atoms with Crippen LogP contribution in [-0.2, 0) is 13.1 Å². The van der Waals surface area contributed by atoms with Crippen molar-refractivity contribution in [3.05, 3.63) is 74.5 Å². The summed E-state index contributed by atoms with van der Waals surface area (Å²) in [6.45, 7) is 1.10. The number of anilines is 1. The Morgan fingerprint density at radius 2 is 1.61 bits per heavy atom. The maximum atomic E-state index is 6.22. The standard InChI is InChI=1S/C16H14Cl2N4S/c17-13-7-3-1-5-11(13)9-19-15-20-21-16(23)22(15)10-12-6-2-4-8-14(12)18/h1-8H,9-10H2,(H,19,20)(H,21,23). The zero-order valence-electron chi connectivity index (χ0n) is 12.1. The molecule has 4 nitrogen and oxygen atoms in total. The Kier molecular flexibility index (Phi) is 5.00. The largest absolute Gasteiger partial charge is 0.350 e. The van der Waals surface area contributed by atoms with Gasteiger partial charge in [0.2, 0.25) is 5.95 Å². The zero-order chi connectivity index (χ0) is 16.2. The van der Waals surface area contributed by atoms with Crippen molar-refractivity contribution in [3.63, 3.8) is 0 Å². The highest BCUT2D eigenvalue weighted by molar-refractivity contribution is 7.71. The fraction of sp³-hybridized carbons (Fsp3) is 0.125. The van der Waals surface area contributed by atoms with Crippen LogP contribution < -0.4 is 5.32 Å². The molecular formula is C16H14Cl2N4S. The first-order valence-corrected chi connectivity index (χ1v) is 8.17. The molecule has 0 spiro atoms. The van der Waals surface area contributed by atoms with Crippen LogP contribution in [0.4, 0.5) is 5.95 Å². The predicted octanol–water partition coefficient (Wildman–Crippen LogP) is 4.91. The van der Waals surface area contributed by atoms with Gasteiger partial charge in [0.15, 0.2) is 4.77 Å². The molecule has 23 heavy (non-hydrogen) atoms. The molecule has 118 valence electrons. The SMILES string of the molecule is S=c1[nH]nc(NCc2ccccc2Cl)n1Cc1ccccc1Cl. The molecule has 3 rings (SSSR count). The highest BCUT2D eigenvalue weighted by atomic mass is 35.5. The monoisotopic (exact) mass is 364 g/mol. The van der Waals surface area contributed by atoms with E-state index < -0.39 is 0 Å². The number of nitrogens with zero attached hydrogens (tertiary/aromatic N) is 2. The zero-order valence-corrected chi connectivity index (χ0v) is 14.4. The Labute approximate surface area is 149 Å². The number of aromatic amines is 1. The van der Waals surface area contributed by atoms with Crippen molar-refractivity contribution in [2.75, 3.05) is 5.32 Å². The Morgan fingerprint density at radius 1 is 1.00 bits per heavy atom. The number of nitrogens with one attached hydrogen (secondary N) is 2. The maximum absolute atomic E-state index is 6.22. The van der Waals surface area contributed by atoms with Gasteiger partial charge in [0, 0.05) is 16.6 Å². The summed E-state index contributed by atoms with van der Waals surface area (Å²) < 4.78 is 2.40. The highest BCUT2D eigenvalue weighted by Crippen LogP contribution is 2.19. The fourth-order valence-corrected chi connectivity index (χ4v) is 2.81. The third-order valence-electron chi connectivity index (χ3n) is 3.44. The van der Waals surface area contributed by atoms with E-state index >= 15 is 0 Å². The molecule has 2 aromatic carbocycles. The van der Waals surface area contributed by atoms with Crippen molar-refractivity contribution >= 4 is 41.4 Å². The van der Waals surface area contributed by atoms with Crippen molar-refractivity contribution in [1.29, 1.82) is 0 Å². The Hall–Kier alpha value is -1.82. The van der Waals surface area contributed by atoms with Gasteiger partial charge >= 0.3 is 0 Å². The summed E-state index contributed by atoms with van der Waals surface area (Å²) in [5.74, 6) is 0.648. The highest BCUT2D eigenvalue weighted by Gasteiger charge is 2.09. The molecule has 0 aliphatic carbocycles. The van der Waals surface area contributed by atoms with E-state index in [0.29, 0.717) is 33.9 Å². The summed E-state index contributed by atoms with van der Waals surface area (Å²) in [6, 6.07) is 15.3. The fourth-order valence-electron chi connectivity index (χ4n) is 2.21. The number of aromatic nitrogens is 3. The molecular weight excluding hydrogens is 351 g/mol. The van der Waals surface area contributed by atoms with Crippen LogP contribution in [0, 0.1) is 4.77 Å². The van der Waals surface area contributed by atoms with E-state index in [9.17, 15) is 0 Å². The third kappa shape index (κ3) is 3.75. The van der Waals surface area contributed by atoms with E-state index in [1.807, 2.05) is 53.1 Å². The summed E-state index contributed by atoms with van der Waals surface area (Å²) in [4.78, 5) is 0. The molecule has 7 heteroatoms. The first-order valence-electron chi connectivity index (χ1n) is 7.01. The maximum Gasteiger partial charge on any atom is 0.223 e. The van der Waals surface area contributed by atoms with Gasteiger partial charge in [-0.15, -0.1) is 5.10 Å². The lowest BCUT2D eigenvalue weighted by molar-refractivity contribution is 0.783. The normalized spacial score (nSPS) is 10.7. The van der Waals surface area contributed by atoms with Crippen LogP contribution in [0.1, 0.15) is 11.1 Å². The van der Waals surface area contributed by atoms with Crippen molar-refractivity contribution in [2.45, 2.75) is 13.1 Å². The van der Waals surface area contributed by atoms with Crippen LogP contribution >= 0.6 is 35.4 Å². The van der Waals surface area contributed by atoms with E-state index in [1.54, 1.807) is 0 Å². The van der Waals surface area contributed by atoms with E-state index in [0.717, 1.165) is 11.1 Å². The third-order valence-corrected chi connectivity index (χ3v) is 4.49. The minimum atomic E-state index is 0.534. The summed E-state index contributed by atoms with van der Waals surface area (Å²) >= 11 is 17.7. The van der Waals surface area contributed by atoms with Crippen molar-refractivity contribution in [1.82, 2.24) is 14.8 Å². The Balaban J connectivity index is 1.81. The molecule has 0 unspecified atom stereocenters. The second-order valence-corrected chi connectivity index (χ2v) is 6.18. The quantitative estimate of drug-likeness (QED) is 0.632. The molecule has 0 saturated heterocycles. The van der Waals surface area contributed by atoms with Gasteiger partial charge in [0.1, 0.15) is 0 Å². The first kappa shape index (κ1) is 16.1. The van der Waals surface area contributed by atoms with Gasteiger partial charge in [-0.1, -0.05) is 59.6 Å². The molecule has 1 heterocycles. The van der Waals surface area contributed by atoms with E-state index in [4.69, 9.17) is 35.4 Å². The second-order valence-electron chi connectivity index (χ2n) is 4.97. The summed E-state index contributed by atoms with van der Waals surface area (Å²) in [7, 11) is 0. The lowest BCUT2D eigenvalue weighted by Gasteiger charge is -2.10. The molecule has 0 aliphatic rings. The molecule has 0 radical (unpaired) electrons. The molecule has 0 amide bonds. The van der Waals surface area contributed by atoms with Crippen LogP contribution in [0.2, 0.25) is 10.0 Å². The minimum Gasteiger partial charge on any atom is -0.350 e. The average Bonchev–Trinajstić information content (AvgIpc) is 2.89. The van der Waals surface area contributed by atoms with Crippen LogP contribution in [0.3, 0.4) is 0 Å². The Bertz CT molecular complexity index is 872. The van der Waals surface area contributed by atoms with Crippen LogP contribution in [0.5, 0.6) is 0 Å². The molecule has 0 saturated carbocycles. The number of hydrogen-bond acceptors (Lipinski definition) is 3. The van der Waals surface area contributed by atoms with Gasteiger partial charge in [0.25, 0.3) is 0 Å². The van der Waals surface area contributed by atoms with Crippen molar-refractivity contribution < 1.29 is 0 Å². The molecule has 0 aliphatic heterocycles. The van der Waals surface area contributed by atoms with Gasteiger partial charge in [-0.2, -0.15) is 0 Å². The lowest BCUT2D eigenvalue weighted by Crippen LogP contribution is -2.09. The molecule has 1 aromatic heterocycles. The average molecular weight is 365 g/mol. The minimum absolute atomic E-state index is 0.534.